The number of halogens is 3. The molecule has 5 atom stereocenters. The van der Waals surface area contributed by atoms with Gasteiger partial charge >= 0.3 is 6.01 Å². The van der Waals surface area contributed by atoms with Crippen LogP contribution in [0.4, 0.5) is 4.39 Å². The summed E-state index contributed by atoms with van der Waals surface area (Å²) in [6.07, 6.45) is 5.10. The lowest BCUT2D eigenvalue weighted by atomic mass is 9.79. The van der Waals surface area contributed by atoms with Crippen molar-refractivity contribution in [2.75, 3.05) is 20.2 Å². The molecular formula is C39H36Cl2FN7O3. The molecule has 2 saturated carbocycles. The normalized spacial score (nSPS) is 23.6. The first-order chi connectivity index (χ1) is 25.2. The number of aromatic nitrogens is 4. The van der Waals surface area contributed by atoms with Gasteiger partial charge in [-0.1, -0.05) is 35.3 Å². The highest BCUT2D eigenvalue weighted by Gasteiger charge is 2.51. The Morgan fingerprint density at radius 1 is 1.15 bits per heavy atom. The van der Waals surface area contributed by atoms with E-state index in [-0.39, 0.29) is 59.0 Å². The maximum atomic E-state index is 17.2. The number of ether oxygens (including phenoxy) is 2. The first-order valence-corrected chi connectivity index (χ1v) is 18.6. The van der Waals surface area contributed by atoms with Crippen molar-refractivity contribution in [1.29, 1.82) is 5.26 Å². The number of fused-ring (bicyclic) bond motifs is 4. The molecule has 2 aromatic carbocycles. The standard InChI is InChI=1S/C39H36Cl2FN7O3/c1-19-25-16-30(29-15-23(18-48(29)38(50)20-8-9-20)52-39-44-12-10-31(47-39)51-2)49(36-22-14-28(36)45-17-22)37(25)26-13-21(5-4-11-43)32(34(42)35(26)46-19)24-6-3-7-27(40)33(24)41/h3,6-7,10,12-13,16,20,22-23,28-29,36,45H,4-5,8-9,14-15,17-18H2,1-2H3/t22-,23+,28-,29-,36+/m1/s1. The number of methoxy groups -OCH3 is 1. The van der Waals surface area contributed by atoms with E-state index in [2.05, 4.69) is 32.0 Å². The molecule has 13 heteroatoms. The van der Waals surface area contributed by atoms with Crippen molar-refractivity contribution in [3.8, 4) is 29.1 Å². The number of likely N-dealkylation sites (tertiary alicyclic amines) is 1. The lowest BCUT2D eigenvalue weighted by Crippen LogP contribution is -2.41. The summed E-state index contributed by atoms with van der Waals surface area (Å²) in [5, 5.41) is 15.4. The highest BCUT2D eigenvalue weighted by atomic mass is 35.5. The molecule has 2 bridgehead atoms. The van der Waals surface area contributed by atoms with Crippen LogP contribution in [0, 0.1) is 35.9 Å². The van der Waals surface area contributed by atoms with E-state index in [4.69, 9.17) is 37.7 Å². The third-order valence-electron chi connectivity index (χ3n) is 11.3. The van der Waals surface area contributed by atoms with Gasteiger partial charge in [0, 0.05) is 76.9 Å². The van der Waals surface area contributed by atoms with Crippen LogP contribution in [0.25, 0.3) is 32.9 Å². The van der Waals surface area contributed by atoms with Gasteiger partial charge in [0.2, 0.25) is 11.8 Å². The molecule has 10 rings (SSSR count). The predicted octanol–water partition coefficient (Wildman–Crippen LogP) is 7.53. The predicted molar refractivity (Wildman–Crippen MR) is 195 cm³/mol. The number of aryl methyl sites for hydroxylation is 2. The average molecular weight is 741 g/mol. The van der Waals surface area contributed by atoms with E-state index in [9.17, 15) is 10.1 Å². The zero-order valence-corrected chi connectivity index (χ0v) is 30.2. The van der Waals surface area contributed by atoms with Gasteiger partial charge in [-0.25, -0.2) is 14.4 Å². The average Bonchev–Trinajstić information content (AvgIpc) is 3.43. The highest BCUT2D eigenvalue weighted by Crippen LogP contribution is 2.51. The molecule has 266 valence electrons. The molecule has 5 fully saturated rings. The third-order valence-corrected chi connectivity index (χ3v) is 12.2. The zero-order chi connectivity index (χ0) is 35.8. The van der Waals surface area contributed by atoms with E-state index >= 15 is 4.39 Å². The van der Waals surface area contributed by atoms with E-state index < -0.39 is 5.82 Å². The summed E-state index contributed by atoms with van der Waals surface area (Å²) in [4.78, 5) is 29.6. The number of rotatable bonds is 9. The van der Waals surface area contributed by atoms with Crippen LogP contribution in [-0.2, 0) is 11.2 Å². The third kappa shape index (κ3) is 5.37. The number of nitrogens with one attached hydrogen (secondary N) is 1. The van der Waals surface area contributed by atoms with E-state index in [1.165, 1.54) is 0 Å². The fraction of sp³-hybridized carbons (Fsp3) is 0.410. The molecule has 5 aliphatic rings. The minimum atomic E-state index is -0.498. The van der Waals surface area contributed by atoms with Gasteiger partial charge < -0.3 is 24.3 Å². The summed E-state index contributed by atoms with van der Waals surface area (Å²) >= 11 is 13.1. The fourth-order valence-corrected chi connectivity index (χ4v) is 9.11. The first kappa shape index (κ1) is 33.3. The number of pyridine rings is 1. The van der Waals surface area contributed by atoms with Crippen molar-refractivity contribution in [2.24, 2.45) is 11.8 Å². The summed E-state index contributed by atoms with van der Waals surface area (Å²) < 4.78 is 31.2. The largest absolute Gasteiger partial charge is 0.481 e. The maximum absolute atomic E-state index is 17.2. The van der Waals surface area contributed by atoms with Crippen molar-refractivity contribution in [1.82, 2.24) is 29.7 Å². The second-order valence-corrected chi connectivity index (χ2v) is 15.2. The minimum Gasteiger partial charge on any atom is -0.481 e. The molecule has 5 aromatic rings. The summed E-state index contributed by atoms with van der Waals surface area (Å²) in [6.45, 7) is 3.20. The van der Waals surface area contributed by atoms with Crippen molar-refractivity contribution in [3.05, 3.63) is 75.4 Å². The van der Waals surface area contributed by atoms with Crippen molar-refractivity contribution in [3.63, 3.8) is 0 Å². The monoisotopic (exact) mass is 739 g/mol. The van der Waals surface area contributed by atoms with Gasteiger partial charge in [-0.3, -0.25) is 4.79 Å². The number of benzene rings is 2. The zero-order valence-electron chi connectivity index (χ0n) is 28.7. The Labute approximate surface area is 309 Å². The van der Waals surface area contributed by atoms with Gasteiger partial charge in [-0.15, -0.1) is 0 Å². The van der Waals surface area contributed by atoms with E-state index in [1.54, 1.807) is 37.6 Å². The number of nitriles is 1. The van der Waals surface area contributed by atoms with Crippen LogP contribution in [0.2, 0.25) is 10.0 Å². The smallest absolute Gasteiger partial charge is 0.320 e. The molecular weight excluding hydrogens is 704 g/mol. The molecule has 1 N–H and O–H groups in total. The van der Waals surface area contributed by atoms with E-state index in [0.29, 0.717) is 64.0 Å². The number of carbonyl (C=O) groups is 1. The van der Waals surface area contributed by atoms with Crippen molar-refractivity contribution >= 4 is 50.9 Å². The molecule has 10 nitrogen and oxygen atoms in total. The molecule has 1 amide bonds. The number of hydrogen-bond donors (Lipinski definition) is 1. The highest BCUT2D eigenvalue weighted by molar-refractivity contribution is 6.43. The fourth-order valence-electron chi connectivity index (χ4n) is 8.71. The number of amides is 1. The van der Waals surface area contributed by atoms with Crippen LogP contribution in [0.1, 0.15) is 61.1 Å². The molecule has 52 heavy (non-hydrogen) atoms. The topological polar surface area (TPSA) is 118 Å². The first-order valence-electron chi connectivity index (χ1n) is 17.8. The lowest BCUT2D eigenvalue weighted by Gasteiger charge is -2.39. The van der Waals surface area contributed by atoms with Gasteiger partial charge in [0.05, 0.1) is 47.4 Å². The second-order valence-electron chi connectivity index (χ2n) is 14.4. The summed E-state index contributed by atoms with van der Waals surface area (Å²) in [5.74, 6) is 0.423. The Kier molecular flexibility index (Phi) is 8.25. The lowest BCUT2D eigenvalue weighted by molar-refractivity contribution is -0.133. The molecule has 3 aromatic heterocycles. The Morgan fingerprint density at radius 3 is 2.73 bits per heavy atom. The molecule has 0 unspecified atom stereocenters. The Bertz CT molecular complexity index is 2310. The Balaban J connectivity index is 1.25. The number of nitrogens with zero attached hydrogens (tertiary/aromatic N) is 6. The minimum absolute atomic E-state index is 0.00598. The quantitative estimate of drug-likeness (QED) is 0.165. The summed E-state index contributed by atoms with van der Waals surface area (Å²) in [7, 11) is 1.54. The van der Waals surface area contributed by atoms with Crippen LogP contribution in [0.5, 0.6) is 11.9 Å². The SMILES string of the molecule is COc1ccnc(O[C@H]2C[C@H](c3cc4c(C)nc5c(F)c(-c6cccc(Cl)c6Cl)c(CCC#N)cc5c4n3[C@H]3[C@H]4CN[C@@H]3C4)N(C(=O)C3CC3)C2)n1. The molecule has 2 aliphatic carbocycles. The Hall–Kier alpha value is -4.50. The van der Waals surface area contributed by atoms with E-state index in [0.717, 1.165) is 42.4 Å². The molecule has 3 aliphatic heterocycles. The van der Waals surface area contributed by atoms with Crippen LogP contribution in [0.3, 0.4) is 0 Å². The molecule has 6 heterocycles. The van der Waals surface area contributed by atoms with Crippen LogP contribution in [0.15, 0.2) is 42.6 Å². The van der Waals surface area contributed by atoms with Gasteiger partial charge in [0.25, 0.3) is 0 Å². The van der Waals surface area contributed by atoms with Crippen LogP contribution >= 0.6 is 23.2 Å². The number of hydrogen-bond acceptors (Lipinski definition) is 8. The van der Waals surface area contributed by atoms with Crippen LogP contribution < -0.4 is 14.8 Å². The number of carbonyl (C=O) groups excluding carboxylic acids is 1. The molecule has 3 saturated heterocycles. The second kappa shape index (κ2) is 12.9. The van der Waals surface area contributed by atoms with Crippen molar-refractivity contribution in [2.45, 2.75) is 69.7 Å². The van der Waals surface area contributed by atoms with Gasteiger partial charge in [0.1, 0.15) is 11.6 Å². The molecule has 0 spiro atoms. The van der Waals surface area contributed by atoms with Gasteiger partial charge in [0.15, 0.2) is 5.82 Å². The van der Waals surface area contributed by atoms with E-state index in [1.807, 2.05) is 17.9 Å². The van der Waals surface area contributed by atoms with Gasteiger partial charge in [-0.05, 0) is 62.3 Å². The summed E-state index contributed by atoms with van der Waals surface area (Å²) in [6, 6.07) is 13.5. The van der Waals surface area contributed by atoms with Crippen molar-refractivity contribution < 1.29 is 18.7 Å². The van der Waals surface area contributed by atoms with Gasteiger partial charge in [-0.2, -0.15) is 10.2 Å². The maximum Gasteiger partial charge on any atom is 0.320 e. The van der Waals surface area contributed by atoms with Crippen LogP contribution in [-0.4, -0.2) is 62.7 Å². The Morgan fingerprint density at radius 2 is 2.00 bits per heavy atom. The summed E-state index contributed by atoms with van der Waals surface area (Å²) in [5.41, 5.74) is 4.22. The molecule has 0 radical (unpaired) electrons.